The summed E-state index contributed by atoms with van der Waals surface area (Å²) in [7, 11) is 1.93. The van der Waals surface area contributed by atoms with Gasteiger partial charge in [-0.25, -0.2) is 0 Å². The van der Waals surface area contributed by atoms with E-state index in [0.29, 0.717) is 5.41 Å². The highest BCUT2D eigenvalue weighted by atomic mass is 16.5. The van der Waals surface area contributed by atoms with Gasteiger partial charge in [0, 0.05) is 57.3 Å². The van der Waals surface area contributed by atoms with E-state index in [0.717, 1.165) is 65.1 Å². The van der Waals surface area contributed by atoms with Gasteiger partial charge in [-0.2, -0.15) is 0 Å². The van der Waals surface area contributed by atoms with Gasteiger partial charge in [0.25, 0.3) is 0 Å². The summed E-state index contributed by atoms with van der Waals surface area (Å²) >= 11 is 0. The van der Waals surface area contributed by atoms with Crippen LogP contribution in [-0.2, 0) is 9.47 Å². The second-order valence-electron chi connectivity index (χ2n) is 8.76. The van der Waals surface area contributed by atoms with Crippen molar-refractivity contribution in [3.8, 4) is 0 Å². The Hall–Kier alpha value is -0.850. The molecule has 3 aliphatic heterocycles. The van der Waals surface area contributed by atoms with Gasteiger partial charge < -0.3 is 19.7 Å². The van der Waals surface area contributed by atoms with Gasteiger partial charge in [-0.1, -0.05) is 19.3 Å². The molecule has 4 rings (SSSR count). The molecule has 26 heavy (non-hydrogen) atoms. The fraction of sp³-hybridized carbons (Fsp3) is 0.950. The summed E-state index contributed by atoms with van der Waals surface area (Å²) in [6, 6.07) is 0. The molecule has 1 saturated carbocycles. The molecule has 148 valence electrons. The monoisotopic (exact) mass is 364 g/mol. The lowest BCUT2D eigenvalue weighted by Gasteiger charge is -2.48. The number of likely N-dealkylation sites (tertiary alicyclic amines) is 1. The second-order valence-corrected chi connectivity index (χ2v) is 8.76. The van der Waals surface area contributed by atoms with Crippen molar-refractivity contribution in [2.24, 2.45) is 10.4 Å². The molecule has 0 aromatic rings. The van der Waals surface area contributed by atoms with Crippen LogP contribution < -0.4 is 5.32 Å². The van der Waals surface area contributed by atoms with Crippen LogP contribution in [0.4, 0.5) is 0 Å². The van der Waals surface area contributed by atoms with E-state index in [1.807, 2.05) is 7.05 Å². The van der Waals surface area contributed by atoms with Crippen molar-refractivity contribution in [2.75, 3.05) is 66.2 Å². The smallest absolute Gasteiger partial charge is 0.193 e. The van der Waals surface area contributed by atoms with E-state index in [1.54, 1.807) is 0 Å². The Morgan fingerprint density at radius 2 is 1.77 bits per heavy atom. The third-order valence-electron chi connectivity index (χ3n) is 7.18. The summed E-state index contributed by atoms with van der Waals surface area (Å²) in [5, 5.41) is 3.78. The fourth-order valence-electron chi connectivity index (χ4n) is 5.52. The third-order valence-corrected chi connectivity index (χ3v) is 7.18. The first-order valence-electron chi connectivity index (χ1n) is 10.6. The molecule has 6 nitrogen and oxygen atoms in total. The van der Waals surface area contributed by atoms with E-state index in [2.05, 4.69) is 20.1 Å². The molecule has 0 aromatic heterocycles. The van der Waals surface area contributed by atoms with E-state index in [1.165, 1.54) is 44.9 Å². The Kier molecular flexibility index (Phi) is 5.72. The minimum atomic E-state index is 0.284. The van der Waals surface area contributed by atoms with Crippen molar-refractivity contribution in [1.82, 2.24) is 15.1 Å². The maximum atomic E-state index is 5.69. The van der Waals surface area contributed by atoms with Gasteiger partial charge in [-0.05, 0) is 25.7 Å². The number of morpholine rings is 1. The van der Waals surface area contributed by atoms with Crippen LogP contribution in [0.2, 0.25) is 0 Å². The maximum absolute atomic E-state index is 5.69. The first-order chi connectivity index (χ1) is 12.8. The Morgan fingerprint density at radius 1 is 0.962 bits per heavy atom. The largest absolute Gasteiger partial charge is 0.381 e. The van der Waals surface area contributed by atoms with Crippen molar-refractivity contribution in [1.29, 1.82) is 0 Å². The van der Waals surface area contributed by atoms with Crippen LogP contribution in [0, 0.1) is 5.41 Å². The molecule has 3 saturated heterocycles. The molecule has 4 fully saturated rings. The highest BCUT2D eigenvalue weighted by molar-refractivity contribution is 5.80. The van der Waals surface area contributed by atoms with Gasteiger partial charge in [0.2, 0.25) is 0 Å². The van der Waals surface area contributed by atoms with E-state index in [9.17, 15) is 0 Å². The molecule has 1 aliphatic carbocycles. The predicted octanol–water partition coefficient (Wildman–Crippen LogP) is 1.71. The number of aliphatic imine (C=N–C) groups is 1. The van der Waals surface area contributed by atoms with Crippen LogP contribution >= 0.6 is 0 Å². The Morgan fingerprint density at radius 3 is 2.46 bits per heavy atom. The van der Waals surface area contributed by atoms with E-state index in [4.69, 9.17) is 9.47 Å². The molecule has 3 heterocycles. The van der Waals surface area contributed by atoms with E-state index < -0.39 is 0 Å². The van der Waals surface area contributed by atoms with Crippen LogP contribution in [0.3, 0.4) is 0 Å². The highest BCUT2D eigenvalue weighted by Gasteiger charge is 2.43. The van der Waals surface area contributed by atoms with Gasteiger partial charge >= 0.3 is 0 Å². The number of nitrogens with zero attached hydrogens (tertiary/aromatic N) is 3. The zero-order valence-electron chi connectivity index (χ0n) is 16.5. The molecule has 6 heteroatoms. The minimum absolute atomic E-state index is 0.284. The molecule has 0 radical (unpaired) electrons. The average Bonchev–Trinajstić information content (AvgIpc) is 3.34. The summed E-state index contributed by atoms with van der Waals surface area (Å²) in [6.07, 6.45) is 9.13. The van der Waals surface area contributed by atoms with E-state index >= 15 is 0 Å². The molecule has 1 spiro atoms. The quantitative estimate of drug-likeness (QED) is 0.610. The molecule has 1 N–H and O–H groups in total. The number of guanidine groups is 1. The average molecular weight is 365 g/mol. The molecule has 4 aliphatic rings. The van der Waals surface area contributed by atoms with Crippen molar-refractivity contribution in [2.45, 2.75) is 50.5 Å². The highest BCUT2D eigenvalue weighted by Crippen LogP contribution is 2.38. The standard InChI is InChI=1S/C20H36N4O2/c1-21-18(23-9-7-19(16-23)8-12-26-17-19)22-15-20(5-3-2-4-6-20)24-10-13-25-14-11-24/h2-17H2,1H3,(H,21,22). The van der Waals surface area contributed by atoms with Crippen LogP contribution in [-0.4, -0.2) is 87.5 Å². The topological polar surface area (TPSA) is 49.3 Å². The summed E-state index contributed by atoms with van der Waals surface area (Å²) in [5.74, 6) is 1.09. The number of nitrogens with one attached hydrogen (secondary N) is 1. The van der Waals surface area contributed by atoms with Crippen molar-refractivity contribution in [3.63, 3.8) is 0 Å². The summed E-state index contributed by atoms with van der Waals surface area (Å²) < 4.78 is 11.3. The zero-order chi connectivity index (χ0) is 17.9. The summed E-state index contributed by atoms with van der Waals surface area (Å²) in [4.78, 5) is 9.80. The van der Waals surface area contributed by atoms with Crippen molar-refractivity contribution in [3.05, 3.63) is 0 Å². The molecular formula is C20H36N4O2. The summed E-state index contributed by atoms with van der Waals surface area (Å²) in [5.41, 5.74) is 0.663. The van der Waals surface area contributed by atoms with Gasteiger partial charge in [-0.15, -0.1) is 0 Å². The molecule has 0 bridgehead atoms. The Balaban J connectivity index is 1.39. The van der Waals surface area contributed by atoms with Gasteiger partial charge in [0.1, 0.15) is 0 Å². The number of hydrogen-bond acceptors (Lipinski definition) is 4. The second kappa shape index (κ2) is 8.03. The van der Waals surface area contributed by atoms with Gasteiger partial charge in [0.05, 0.1) is 19.8 Å². The number of hydrogen-bond donors (Lipinski definition) is 1. The SMILES string of the molecule is CN=C(NCC1(N2CCOCC2)CCCCC1)N1CCC2(CCOC2)C1. The minimum Gasteiger partial charge on any atom is -0.381 e. The lowest BCUT2D eigenvalue weighted by Crippen LogP contribution is -2.60. The van der Waals surface area contributed by atoms with Crippen molar-refractivity contribution < 1.29 is 9.47 Å². The molecule has 0 amide bonds. The van der Waals surface area contributed by atoms with Crippen LogP contribution in [0.1, 0.15) is 44.9 Å². The first-order valence-corrected chi connectivity index (χ1v) is 10.6. The molecule has 1 unspecified atom stereocenters. The molecular weight excluding hydrogens is 328 g/mol. The first kappa shape index (κ1) is 18.5. The maximum Gasteiger partial charge on any atom is 0.193 e. The van der Waals surface area contributed by atoms with Crippen LogP contribution in [0.5, 0.6) is 0 Å². The zero-order valence-corrected chi connectivity index (χ0v) is 16.5. The molecule has 0 aromatic carbocycles. The number of ether oxygens (including phenoxy) is 2. The lowest BCUT2D eigenvalue weighted by molar-refractivity contribution is -0.0354. The molecule has 1 atom stereocenters. The van der Waals surface area contributed by atoms with Crippen molar-refractivity contribution >= 4 is 5.96 Å². The number of rotatable bonds is 3. The summed E-state index contributed by atoms with van der Waals surface area (Å²) in [6.45, 7) is 8.98. The lowest BCUT2D eigenvalue weighted by atomic mass is 9.79. The Bertz CT molecular complexity index is 492. The van der Waals surface area contributed by atoms with Crippen LogP contribution in [0.15, 0.2) is 4.99 Å². The third kappa shape index (κ3) is 3.73. The van der Waals surface area contributed by atoms with Gasteiger partial charge in [0.15, 0.2) is 5.96 Å². The Labute approximate surface area is 158 Å². The van der Waals surface area contributed by atoms with E-state index in [-0.39, 0.29) is 5.54 Å². The normalized spacial score (nSPS) is 33.1. The van der Waals surface area contributed by atoms with Crippen LogP contribution in [0.25, 0.3) is 0 Å². The predicted molar refractivity (Wildman–Crippen MR) is 104 cm³/mol. The van der Waals surface area contributed by atoms with Gasteiger partial charge in [-0.3, -0.25) is 9.89 Å². The fourth-order valence-corrected chi connectivity index (χ4v) is 5.52.